The number of rotatable bonds is 16. The van der Waals surface area contributed by atoms with Gasteiger partial charge in [0.2, 0.25) is 0 Å². The first-order valence-corrected chi connectivity index (χ1v) is 13.0. The van der Waals surface area contributed by atoms with Gasteiger partial charge in [0.05, 0.1) is 32.0 Å². The maximum Gasteiger partial charge on any atom is 0.335 e. The van der Waals surface area contributed by atoms with Crippen molar-refractivity contribution >= 4 is 12.4 Å². The van der Waals surface area contributed by atoms with Crippen molar-refractivity contribution in [2.45, 2.75) is 58.3 Å². The lowest BCUT2D eigenvalue weighted by atomic mass is 9.90. The molecule has 0 fully saturated rings. The summed E-state index contributed by atoms with van der Waals surface area (Å²) in [5.41, 5.74) is 2.75. The summed E-state index contributed by atoms with van der Waals surface area (Å²) in [6.45, 7) is 10.7. The molecule has 0 heterocycles. The van der Waals surface area contributed by atoms with Crippen LogP contribution in [0.5, 0.6) is 0 Å². The van der Waals surface area contributed by atoms with Gasteiger partial charge in [0.15, 0.2) is 0 Å². The molecule has 2 aromatic rings. The largest absolute Gasteiger partial charge is 0.468 e. The third kappa shape index (κ3) is 12.4. The van der Waals surface area contributed by atoms with E-state index in [1.807, 2.05) is 6.07 Å². The number of hydrogen-bond donors (Lipinski definition) is 2. The van der Waals surface area contributed by atoms with E-state index in [0.717, 1.165) is 36.8 Å². The van der Waals surface area contributed by atoms with Gasteiger partial charge < -0.3 is 19.7 Å². The maximum atomic E-state index is 15.1. The Morgan fingerprint density at radius 3 is 2.26 bits per heavy atom. The van der Waals surface area contributed by atoms with Crippen LogP contribution < -0.4 is 0 Å². The van der Waals surface area contributed by atoms with Crippen LogP contribution in [0.3, 0.4) is 0 Å². The van der Waals surface area contributed by atoms with Crippen LogP contribution in [0.4, 0.5) is 8.78 Å². The lowest BCUT2D eigenvalue weighted by Crippen LogP contribution is -2.14. The minimum atomic E-state index is -0.727. The van der Waals surface area contributed by atoms with Crippen LogP contribution in [0.1, 0.15) is 63.0 Å². The Hall–Kier alpha value is -3.36. The van der Waals surface area contributed by atoms with Gasteiger partial charge >= 0.3 is 5.97 Å². The van der Waals surface area contributed by atoms with E-state index in [0.29, 0.717) is 29.6 Å². The molecule has 0 aromatic heterocycles. The van der Waals surface area contributed by atoms with Crippen molar-refractivity contribution in [2.24, 2.45) is 0 Å². The third-order valence-electron chi connectivity index (χ3n) is 5.95. The zero-order valence-corrected chi connectivity index (χ0v) is 22.9. The molecule has 214 valence electrons. The van der Waals surface area contributed by atoms with Crippen LogP contribution in [0.25, 0.3) is 11.1 Å². The molecule has 2 rings (SSSR count). The Morgan fingerprint density at radius 1 is 1.00 bits per heavy atom. The fourth-order valence-corrected chi connectivity index (χ4v) is 3.73. The molecule has 0 saturated heterocycles. The number of esters is 1. The summed E-state index contributed by atoms with van der Waals surface area (Å²) in [6.07, 6.45) is 4.56. The topological polar surface area (TPSA) is 93.1 Å². The van der Waals surface area contributed by atoms with Crippen molar-refractivity contribution in [3.8, 4) is 11.1 Å². The van der Waals surface area contributed by atoms with Gasteiger partial charge in [0.1, 0.15) is 11.6 Å². The van der Waals surface area contributed by atoms with Crippen LogP contribution in [-0.4, -0.2) is 49.1 Å². The number of carbonyl (C=O) groups excluding carboxylic acids is 2. The summed E-state index contributed by atoms with van der Waals surface area (Å²) >= 11 is 0. The van der Waals surface area contributed by atoms with E-state index < -0.39 is 30.1 Å². The molecule has 2 N–H and O–H groups in total. The average Bonchev–Trinajstić information content (AvgIpc) is 2.92. The van der Waals surface area contributed by atoms with Gasteiger partial charge in [-0.2, -0.15) is 0 Å². The maximum absolute atomic E-state index is 15.1. The molecular weight excluding hydrogens is 506 g/mol. The summed E-state index contributed by atoms with van der Waals surface area (Å²) < 4.78 is 39.6. The zero-order valence-electron chi connectivity index (χ0n) is 22.9. The molecule has 0 aliphatic rings. The highest BCUT2D eigenvalue weighted by atomic mass is 19.1. The average molecular weight is 547 g/mol. The molecule has 0 saturated carbocycles. The van der Waals surface area contributed by atoms with E-state index in [4.69, 9.17) is 19.7 Å². The van der Waals surface area contributed by atoms with E-state index in [-0.39, 0.29) is 31.8 Å². The van der Waals surface area contributed by atoms with Gasteiger partial charge in [-0.3, -0.25) is 4.79 Å². The Bertz CT molecular complexity index is 1080. The normalized spacial score (nSPS) is 11.1. The highest BCUT2D eigenvalue weighted by Crippen LogP contribution is 2.31. The number of benzene rings is 2. The molecule has 1 unspecified atom stereocenters. The number of aliphatic hydroxyl groups excluding tert-OH is 2. The van der Waals surface area contributed by atoms with E-state index in [1.165, 1.54) is 12.1 Å². The standard InChI is InChI=1S/C27H32F2O5.C4H8O/c1-3-4-5-6-20-7-9-24(25(28)15-20)22-8-10-23(26(29)16-22)21(11-13-33-18-31)12-14-34-27(32)19(2)17-30;1-4(2)3-5/h7-10,15-16,18,21,30H,2-6,11-14,17H2,1H3;5H,1,3H2,2H3. The molecule has 8 heteroatoms. The Kier molecular flexibility index (Phi) is 16.2. The number of ether oxygens (including phenoxy) is 2. The second-order valence-electron chi connectivity index (χ2n) is 9.26. The smallest absolute Gasteiger partial charge is 0.335 e. The van der Waals surface area contributed by atoms with Crippen molar-refractivity contribution in [1.29, 1.82) is 0 Å². The van der Waals surface area contributed by atoms with Crippen LogP contribution in [0.2, 0.25) is 0 Å². The molecule has 0 radical (unpaired) electrons. The van der Waals surface area contributed by atoms with Gasteiger partial charge in [0, 0.05) is 5.56 Å². The molecule has 0 bridgehead atoms. The number of halogens is 2. The lowest BCUT2D eigenvalue weighted by molar-refractivity contribution is -0.139. The van der Waals surface area contributed by atoms with E-state index in [1.54, 1.807) is 25.1 Å². The van der Waals surface area contributed by atoms with Crippen molar-refractivity contribution in [2.75, 3.05) is 26.4 Å². The summed E-state index contributed by atoms with van der Waals surface area (Å²) in [7, 11) is 0. The molecule has 0 aliphatic carbocycles. The van der Waals surface area contributed by atoms with Crippen LogP contribution in [0.15, 0.2) is 60.7 Å². The molecule has 0 aliphatic heterocycles. The minimum Gasteiger partial charge on any atom is -0.468 e. The van der Waals surface area contributed by atoms with Crippen LogP contribution in [0, 0.1) is 11.6 Å². The highest BCUT2D eigenvalue weighted by Gasteiger charge is 2.19. The number of unbranched alkanes of at least 4 members (excludes halogenated alkanes) is 2. The lowest BCUT2D eigenvalue weighted by Gasteiger charge is -2.19. The molecular formula is C31H40F2O6. The van der Waals surface area contributed by atoms with E-state index in [9.17, 15) is 14.0 Å². The molecule has 6 nitrogen and oxygen atoms in total. The van der Waals surface area contributed by atoms with Crippen molar-refractivity contribution in [1.82, 2.24) is 0 Å². The quantitative estimate of drug-likeness (QED) is 0.0876. The number of hydrogen-bond acceptors (Lipinski definition) is 6. The molecule has 2 aromatic carbocycles. The van der Waals surface area contributed by atoms with Crippen LogP contribution >= 0.6 is 0 Å². The minimum absolute atomic E-state index is 0.0288. The third-order valence-corrected chi connectivity index (χ3v) is 5.95. The molecule has 1 atom stereocenters. The van der Waals surface area contributed by atoms with Gasteiger partial charge in [-0.15, -0.1) is 0 Å². The number of carbonyl (C=O) groups is 2. The predicted molar refractivity (Wildman–Crippen MR) is 148 cm³/mol. The molecule has 0 amide bonds. The van der Waals surface area contributed by atoms with Crippen molar-refractivity contribution in [3.63, 3.8) is 0 Å². The van der Waals surface area contributed by atoms with Gasteiger partial charge in [-0.25, -0.2) is 13.6 Å². The number of aryl methyl sites for hydroxylation is 1. The summed E-state index contributed by atoms with van der Waals surface area (Å²) in [5.74, 6) is -2.05. The zero-order chi connectivity index (χ0) is 29.2. The SMILES string of the molecule is C=C(C)CO.C=C(CO)C(=O)OCCC(CCOC=O)c1ccc(-c2ccc(CCCCC)cc2F)cc1F. The fraction of sp³-hybridized carbons (Fsp3) is 0.419. The first-order valence-electron chi connectivity index (χ1n) is 13.0. The van der Waals surface area contributed by atoms with E-state index >= 15 is 4.39 Å². The van der Waals surface area contributed by atoms with Gasteiger partial charge in [-0.05, 0) is 67.3 Å². The monoisotopic (exact) mass is 546 g/mol. The first-order chi connectivity index (χ1) is 18.7. The Balaban J connectivity index is 0.00000139. The Labute approximate surface area is 230 Å². The summed E-state index contributed by atoms with van der Waals surface area (Å²) in [5, 5.41) is 17.0. The Morgan fingerprint density at radius 2 is 1.69 bits per heavy atom. The summed E-state index contributed by atoms with van der Waals surface area (Å²) in [4.78, 5) is 22.2. The van der Waals surface area contributed by atoms with E-state index in [2.05, 4.69) is 20.1 Å². The first kappa shape index (κ1) is 33.7. The van der Waals surface area contributed by atoms with Crippen molar-refractivity contribution < 1.29 is 38.1 Å². The second kappa shape index (κ2) is 18.8. The highest BCUT2D eigenvalue weighted by molar-refractivity contribution is 5.87. The van der Waals surface area contributed by atoms with Crippen LogP contribution in [-0.2, 0) is 25.5 Å². The second-order valence-corrected chi connectivity index (χ2v) is 9.26. The number of aliphatic hydroxyl groups is 2. The van der Waals surface area contributed by atoms with Gasteiger partial charge in [-0.1, -0.05) is 62.8 Å². The van der Waals surface area contributed by atoms with Crippen molar-refractivity contribution in [3.05, 3.63) is 83.5 Å². The molecule has 39 heavy (non-hydrogen) atoms. The van der Waals surface area contributed by atoms with Gasteiger partial charge in [0.25, 0.3) is 6.47 Å². The summed E-state index contributed by atoms with van der Waals surface area (Å²) in [6, 6.07) is 9.57. The molecule has 0 spiro atoms. The fourth-order valence-electron chi connectivity index (χ4n) is 3.73. The predicted octanol–water partition coefficient (Wildman–Crippen LogP) is 6.05.